The Bertz CT molecular complexity index is 646. The van der Waals surface area contributed by atoms with Crippen LogP contribution >= 0.6 is 11.6 Å². The third-order valence-corrected chi connectivity index (χ3v) is 3.35. The molecule has 1 aromatic carbocycles. The largest absolute Gasteiger partial charge is 0.466 e. The Morgan fingerprint density at radius 1 is 1.27 bits per heavy atom. The van der Waals surface area contributed by atoms with E-state index in [1.807, 2.05) is 0 Å². The van der Waals surface area contributed by atoms with Crippen molar-refractivity contribution >= 4 is 29.2 Å². The lowest BCUT2D eigenvalue weighted by molar-refractivity contribution is -0.140. The number of methoxy groups -OCH3 is 2. The van der Waals surface area contributed by atoms with Crippen molar-refractivity contribution in [3.63, 3.8) is 0 Å². The van der Waals surface area contributed by atoms with Crippen LogP contribution in [0.2, 0.25) is 5.02 Å². The van der Waals surface area contributed by atoms with Crippen molar-refractivity contribution in [2.45, 2.75) is 0 Å². The van der Waals surface area contributed by atoms with Gasteiger partial charge in [-0.15, -0.1) is 0 Å². The van der Waals surface area contributed by atoms with Crippen LogP contribution in [0, 0.1) is 5.82 Å². The van der Waals surface area contributed by atoms with E-state index in [2.05, 4.69) is 9.47 Å². The molecule has 0 aliphatic carbocycles. The topological polar surface area (TPSA) is 65.1 Å². The average molecular weight is 330 g/mol. The first kappa shape index (κ1) is 16.3. The van der Waals surface area contributed by atoms with Gasteiger partial charge in [0.2, 0.25) is 0 Å². The highest BCUT2D eigenvalue weighted by atomic mass is 35.5. The number of rotatable bonds is 3. The highest BCUT2D eigenvalue weighted by Gasteiger charge is 2.33. The van der Waals surface area contributed by atoms with Gasteiger partial charge in [-0.05, 0) is 12.1 Å². The summed E-state index contributed by atoms with van der Waals surface area (Å²) in [5, 5.41) is -0.119. The maximum atomic E-state index is 14.2. The monoisotopic (exact) mass is 329 g/mol. The van der Waals surface area contributed by atoms with Crippen molar-refractivity contribution < 1.29 is 28.2 Å². The lowest BCUT2D eigenvalue weighted by Crippen LogP contribution is -2.39. The van der Waals surface area contributed by atoms with Crippen LogP contribution in [0.15, 0.2) is 29.5 Å². The molecule has 0 bridgehead atoms. The van der Waals surface area contributed by atoms with Gasteiger partial charge in [0.15, 0.2) is 5.82 Å². The van der Waals surface area contributed by atoms with Gasteiger partial charge in [-0.2, -0.15) is 0 Å². The molecule has 1 aliphatic rings. The van der Waals surface area contributed by atoms with E-state index in [1.54, 1.807) is 0 Å². The first-order valence-corrected chi connectivity index (χ1v) is 6.58. The minimum absolute atomic E-state index is 0.00555. The highest BCUT2D eigenvalue weighted by molar-refractivity contribution is 6.31. The molecule has 1 aromatic rings. The van der Waals surface area contributed by atoms with Gasteiger partial charge in [0.25, 0.3) is 0 Å². The standard InChI is InChI=1S/C14H13ClFNO5/c1-20-13(18)8-6-22-7-17(12(8)14(19)21-2)10-5-3-4-9(15)11(10)16/h3-5H,6-7H2,1-2H3. The minimum atomic E-state index is -0.803. The summed E-state index contributed by atoms with van der Waals surface area (Å²) in [6.45, 7) is -0.280. The van der Waals surface area contributed by atoms with E-state index in [-0.39, 0.29) is 35.3 Å². The second-order valence-corrected chi connectivity index (χ2v) is 4.70. The molecule has 0 fully saturated rings. The van der Waals surface area contributed by atoms with Crippen molar-refractivity contribution in [2.24, 2.45) is 0 Å². The lowest BCUT2D eigenvalue weighted by atomic mass is 10.1. The molecular formula is C14H13ClFNO5. The summed E-state index contributed by atoms with van der Waals surface area (Å²) >= 11 is 5.75. The fourth-order valence-corrected chi connectivity index (χ4v) is 2.20. The van der Waals surface area contributed by atoms with Crippen LogP contribution in [0.25, 0.3) is 0 Å². The van der Waals surface area contributed by atoms with Gasteiger partial charge in [0, 0.05) is 0 Å². The van der Waals surface area contributed by atoms with Crippen molar-refractivity contribution in [3.05, 3.63) is 40.3 Å². The van der Waals surface area contributed by atoms with Crippen LogP contribution in [0.5, 0.6) is 0 Å². The molecule has 2 rings (SSSR count). The molecular weight excluding hydrogens is 317 g/mol. The molecule has 0 amide bonds. The predicted octanol–water partition coefficient (Wildman–Crippen LogP) is 1.87. The zero-order valence-electron chi connectivity index (χ0n) is 11.9. The van der Waals surface area contributed by atoms with Crippen molar-refractivity contribution in [2.75, 3.05) is 32.5 Å². The van der Waals surface area contributed by atoms with E-state index in [0.717, 1.165) is 7.11 Å². The number of carbonyl (C=O) groups is 2. The number of hydrogen-bond acceptors (Lipinski definition) is 6. The van der Waals surface area contributed by atoms with Crippen LogP contribution in [-0.4, -0.2) is 39.5 Å². The maximum Gasteiger partial charge on any atom is 0.355 e. The summed E-state index contributed by atoms with van der Waals surface area (Å²) in [4.78, 5) is 25.0. The highest BCUT2D eigenvalue weighted by Crippen LogP contribution is 2.31. The van der Waals surface area contributed by atoms with E-state index < -0.39 is 17.8 Å². The Labute approximate surface area is 131 Å². The molecule has 0 radical (unpaired) electrons. The molecule has 0 unspecified atom stereocenters. The molecule has 0 spiro atoms. The molecule has 8 heteroatoms. The van der Waals surface area contributed by atoms with Crippen molar-refractivity contribution in [1.82, 2.24) is 0 Å². The summed E-state index contributed by atoms with van der Waals surface area (Å²) in [7, 11) is 2.33. The van der Waals surface area contributed by atoms with E-state index in [1.165, 1.54) is 30.2 Å². The predicted molar refractivity (Wildman–Crippen MR) is 75.8 cm³/mol. The van der Waals surface area contributed by atoms with Crippen LogP contribution in [0.1, 0.15) is 0 Å². The minimum Gasteiger partial charge on any atom is -0.466 e. The molecule has 1 aliphatic heterocycles. The third-order valence-electron chi connectivity index (χ3n) is 3.06. The Morgan fingerprint density at radius 2 is 1.95 bits per heavy atom. The number of hydrogen-bond donors (Lipinski definition) is 0. The van der Waals surface area contributed by atoms with Gasteiger partial charge >= 0.3 is 11.9 Å². The van der Waals surface area contributed by atoms with Crippen LogP contribution < -0.4 is 4.90 Å². The van der Waals surface area contributed by atoms with Crippen LogP contribution in [0.4, 0.5) is 10.1 Å². The molecule has 1 heterocycles. The summed E-state index contributed by atoms with van der Waals surface area (Å²) in [5.74, 6) is -2.30. The van der Waals surface area contributed by atoms with Crippen molar-refractivity contribution in [3.8, 4) is 0 Å². The molecule has 0 saturated heterocycles. The average Bonchev–Trinajstić information content (AvgIpc) is 2.55. The zero-order chi connectivity index (χ0) is 16.3. The summed E-state index contributed by atoms with van der Waals surface area (Å²) < 4.78 is 28.8. The Morgan fingerprint density at radius 3 is 2.59 bits per heavy atom. The van der Waals surface area contributed by atoms with Gasteiger partial charge in [-0.25, -0.2) is 14.0 Å². The third kappa shape index (κ3) is 2.90. The van der Waals surface area contributed by atoms with Gasteiger partial charge in [-0.1, -0.05) is 17.7 Å². The van der Waals surface area contributed by atoms with E-state index in [4.69, 9.17) is 16.3 Å². The number of anilines is 1. The van der Waals surface area contributed by atoms with Gasteiger partial charge in [0.1, 0.15) is 12.4 Å². The van der Waals surface area contributed by atoms with E-state index in [0.29, 0.717) is 0 Å². The fraction of sp³-hybridized carbons (Fsp3) is 0.286. The Hall–Kier alpha value is -2.12. The van der Waals surface area contributed by atoms with Gasteiger partial charge in [0.05, 0.1) is 37.1 Å². The van der Waals surface area contributed by atoms with Crippen LogP contribution in [0.3, 0.4) is 0 Å². The number of ether oxygens (including phenoxy) is 3. The number of carbonyl (C=O) groups excluding carboxylic acids is 2. The number of nitrogens with zero attached hydrogens (tertiary/aromatic N) is 1. The molecule has 0 aromatic heterocycles. The second-order valence-electron chi connectivity index (χ2n) is 4.29. The zero-order valence-corrected chi connectivity index (χ0v) is 12.6. The first-order chi connectivity index (χ1) is 10.5. The molecule has 118 valence electrons. The maximum absolute atomic E-state index is 14.2. The molecule has 0 atom stereocenters. The number of esters is 2. The molecule has 22 heavy (non-hydrogen) atoms. The Balaban J connectivity index is 2.60. The summed E-state index contributed by atoms with van der Waals surface area (Å²) in [6, 6.07) is 4.30. The first-order valence-electron chi connectivity index (χ1n) is 6.20. The number of benzene rings is 1. The van der Waals surface area contributed by atoms with Gasteiger partial charge in [-0.3, -0.25) is 0 Å². The van der Waals surface area contributed by atoms with Crippen LogP contribution in [-0.2, 0) is 23.8 Å². The second kappa shape index (κ2) is 6.76. The summed E-state index contributed by atoms with van der Waals surface area (Å²) in [6.07, 6.45) is 0. The molecule has 6 nitrogen and oxygen atoms in total. The quantitative estimate of drug-likeness (QED) is 0.789. The molecule has 0 saturated carbocycles. The smallest absolute Gasteiger partial charge is 0.355 e. The molecule has 0 N–H and O–H groups in total. The van der Waals surface area contributed by atoms with E-state index in [9.17, 15) is 14.0 Å². The van der Waals surface area contributed by atoms with Crippen molar-refractivity contribution in [1.29, 1.82) is 0 Å². The van der Waals surface area contributed by atoms with E-state index >= 15 is 0 Å². The fourth-order valence-electron chi connectivity index (χ4n) is 2.03. The lowest BCUT2D eigenvalue weighted by Gasteiger charge is -2.31. The Kier molecular flexibility index (Phi) is 4.99. The van der Waals surface area contributed by atoms with Gasteiger partial charge < -0.3 is 19.1 Å². The SMILES string of the molecule is COC(=O)C1=C(C(=O)OC)N(c2cccc(Cl)c2F)COC1. The summed E-state index contributed by atoms with van der Waals surface area (Å²) in [5.41, 5.74) is -0.198. The number of halogens is 2. The normalized spacial score (nSPS) is 14.8.